The Morgan fingerprint density at radius 3 is 2.84 bits per heavy atom. The number of nitrogens with zero attached hydrogens (tertiary/aromatic N) is 4. The summed E-state index contributed by atoms with van der Waals surface area (Å²) in [7, 11) is 1.69. The number of ether oxygens (including phenoxy) is 1. The summed E-state index contributed by atoms with van der Waals surface area (Å²) in [4.78, 5) is 0. The molecule has 19 heavy (non-hydrogen) atoms. The highest BCUT2D eigenvalue weighted by molar-refractivity contribution is 5.61. The summed E-state index contributed by atoms with van der Waals surface area (Å²) in [5, 5.41) is 11.6. The van der Waals surface area contributed by atoms with Crippen LogP contribution in [0.3, 0.4) is 0 Å². The molecule has 7 heteroatoms. The third-order valence-electron chi connectivity index (χ3n) is 3.42. The first-order valence-electron chi connectivity index (χ1n) is 6.04. The average Bonchev–Trinajstić information content (AvgIpc) is 2.75. The lowest BCUT2D eigenvalue weighted by Crippen LogP contribution is -2.33. The van der Waals surface area contributed by atoms with Crippen molar-refractivity contribution in [2.24, 2.45) is 0 Å². The number of hydrogen-bond acceptors (Lipinski definition) is 5. The highest BCUT2D eigenvalue weighted by atomic mass is 19.1. The lowest BCUT2D eigenvalue weighted by atomic mass is 9.89. The molecule has 0 amide bonds. The van der Waals surface area contributed by atoms with Gasteiger partial charge in [-0.15, -0.1) is 5.10 Å². The molecular weight excluding hydrogens is 249 g/mol. The summed E-state index contributed by atoms with van der Waals surface area (Å²) in [6.07, 6.45) is 1.97. The van der Waals surface area contributed by atoms with Crippen molar-refractivity contribution in [1.82, 2.24) is 20.2 Å². The summed E-state index contributed by atoms with van der Waals surface area (Å²) in [6.45, 7) is 0. The number of nitrogens with two attached hydrogens (primary N) is 1. The molecule has 1 aromatic carbocycles. The molecule has 0 spiro atoms. The first-order chi connectivity index (χ1) is 9.17. The fourth-order valence-electron chi connectivity index (χ4n) is 2.30. The highest BCUT2D eigenvalue weighted by Gasteiger charge is 2.33. The topological polar surface area (TPSA) is 78.8 Å². The standard InChI is InChI=1S/C12H14FN5O/c1-19-11-5-10(6-11)18-12(15-16-17-18)7-2-8(13)4-9(14)3-7/h2-4,10-11H,5-6,14H2,1H3. The Bertz CT molecular complexity index is 573. The number of methoxy groups -OCH3 is 1. The molecule has 0 saturated heterocycles. The van der Waals surface area contributed by atoms with Crippen LogP contribution in [-0.2, 0) is 4.74 Å². The molecule has 1 aliphatic rings. The molecule has 0 aliphatic heterocycles. The van der Waals surface area contributed by atoms with Gasteiger partial charge in [0.05, 0.1) is 12.1 Å². The van der Waals surface area contributed by atoms with Crippen molar-refractivity contribution in [3.05, 3.63) is 24.0 Å². The second-order valence-electron chi connectivity index (χ2n) is 4.70. The minimum absolute atomic E-state index is 0.194. The minimum atomic E-state index is -0.395. The van der Waals surface area contributed by atoms with Gasteiger partial charge in [0, 0.05) is 18.4 Å². The Morgan fingerprint density at radius 2 is 2.16 bits per heavy atom. The number of halogens is 1. The number of nitrogen functional groups attached to an aromatic ring is 1. The highest BCUT2D eigenvalue weighted by Crippen LogP contribution is 2.35. The van der Waals surface area contributed by atoms with Gasteiger partial charge in [-0.1, -0.05) is 0 Å². The van der Waals surface area contributed by atoms with Crippen molar-refractivity contribution in [3.63, 3.8) is 0 Å². The van der Waals surface area contributed by atoms with E-state index in [1.54, 1.807) is 17.9 Å². The van der Waals surface area contributed by atoms with E-state index in [-0.39, 0.29) is 12.1 Å². The van der Waals surface area contributed by atoms with E-state index < -0.39 is 5.82 Å². The van der Waals surface area contributed by atoms with Crippen LogP contribution in [0.5, 0.6) is 0 Å². The summed E-state index contributed by atoms with van der Waals surface area (Å²) < 4.78 is 20.3. The van der Waals surface area contributed by atoms with E-state index in [0.29, 0.717) is 17.1 Å². The van der Waals surface area contributed by atoms with Gasteiger partial charge < -0.3 is 10.5 Å². The second kappa shape index (κ2) is 4.58. The van der Waals surface area contributed by atoms with Gasteiger partial charge in [0.2, 0.25) is 0 Å². The number of rotatable bonds is 3. The summed E-state index contributed by atoms with van der Waals surface area (Å²) >= 11 is 0. The van der Waals surface area contributed by atoms with Gasteiger partial charge >= 0.3 is 0 Å². The van der Waals surface area contributed by atoms with Crippen LogP contribution in [0.1, 0.15) is 18.9 Å². The number of tetrazole rings is 1. The van der Waals surface area contributed by atoms with E-state index in [1.165, 1.54) is 12.1 Å². The molecule has 100 valence electrons. The SMILES string of the molecule is COC1CC(n2nnnc2-c2cc(N)cc(F)c2)C1. The smallest absolute Gasteiger partial charge is 0.182 e. The van der Waals surface area contributed by atoms with Crippen molar-refractivity contribution < 1.29 is 9.13 Å². The minimum Gasteiger partial charge on any atom is -0.399 e. The largest absolute Gasteiger partial charge is 0.399 e. The molecule has 0 atom stereocenters. The number of hydrogen-bond donors (Lipinski definition) is 1. The predicted molar refractivity (Wildman–Crippen MR) is 66.7 cm³/mol. The average molecular weight is 263 g/mol. The van der Waals surface area contributed by atoms with Gasteiger partial charge in [-0.3, -0.25) is 0 Å². The molecule has 1 fully saturated rings. The van der Waals surface area contributed by atoms with Gasteiger partial charge in [-0.2, -0.15) is 0 Å². The first kappa shape index (κ1) is 12.0. The fraction of sp³-hybridized carbons (Fsp3) is 0.417. The molecule has 0 radical (unpaired) electrons. The molecule has 3 rings (SSSR count). The first-order valence-corrected chi connectivity index (χ1v) is 6.04. The third kappa shape index (κ3) is 2.17. The predicted octanol–water partition coefficient (Wildman–Crippen LogP) is 1.41. The van der Waals surface area contributed by atoms with Gasteiger partial charge in [0.1, 0.15) is 5.82 Å². The second-order valence-corrected chi connectivity index (χ2v) is 4.70. The molecule has 1 heterocycles. The van der Waals surface area contributed by atoms with Gasteiger partial charge in [0.25, 0.3) is 0 Å². The monoisotopic (exact) mass is 263 g/mol. The lowest BCUT2D eigenvalue weighted by molar-refractivity contribution is 0.00248. The maximum Gasteiger partial charge on any atom is 0.182 e. The zero-order valence-electron chi connectivity index (χ0n) is 10.5. The van der Waals surface area contributed by atoms with E-state index in [1.807, 2.05) is 0 Å². The Labute approximate surface area is 109 Å². The van der Waals surface area contributed by atoms with Crippen molar-refractivity contribution in [1.29, 1.82) is 0 Å². The number of aromatic nitrogens is 4. The molecule has 2 N–H and O–H groups in total. The quantitative estimate of drug-likeness (QED) is 0.847. The molecule has 0 unspecified atom stereocenters. The van der Waals surface area contributed by atoms with Crippen LogP contribution in [0, 0.1) is 5.82 Å². The zero-order chi connectivity index (χ0) is 13.4. The number of benzene rings is 1. The molecule has 0 bridgehead atoms. The van der Waals surface area contributed by atoms with Crippen molar-refractivity contribution in [2.75, 3.05) is 12.8 Å². The normalized spacial score (nSPS) is 22.2. The zero-order valence-corrected chi connectivity index (χ0v) is 10.5. The van der Waals surface area contributed by atoms with Crippen molar-refractivity contribution in [3.8, 4) is 11.4 Å². The van der Waals surface area contributed by atoms with Crippen LogP contribution < -0.4 is 5.73 Å². The Kier molecular flexibility index (Phi) is 2.90. The van der Waals surface area contributed by atoms with Gasteiger partial charge in [-0.25, -0.2) is 9.07 Å². The summed E-state index contributed by atoms with van der Waals surface area (Å²) in [5.41, 5.74) is 6.58. The fourth-order valence-corrected chi connectivity index (χ4v) is 2.30. The Balaban J connectivity index is 1.92. The van der Waals surface area contributed by atoms with Gasteiger partial charge in [-0.05, 0) is 41.5 Å². The van der Waals surface area contributed by atoms with E-state index in [0.717, 1.165) is 12.8 Å². The van der Waals surface area contributed by atoms with E-state index >= 15 is 0 Å². The van der Waals surface area contributed by atoms with E-state index in [9.17, 15) is 4.39 Å². The van der Waals surface area contributed by atoms with Crippen molar-refractivity contribution >= 4 is 5.69 Å². The van der Waals surface area contributed by atoms with E-state index in [2.05, 4.69) is 15.5 Å². The Morgan fingerprint density at radius 1 is 1.37 bits per heavy atom. The Hall–Kier alpha value is -2.02. The molecule has 1 saturated carbocycles. The summed E-state index contributed by atoms with van der Waals surface area (Å²) in [6, 6.07) is 4.50. The van der Waals surface area contributed by atoms with Crippen LogP contribution in [0.15, 0.2) is 18.2 Å². The van der Waals surface area contributed by atoms with Gasteiger partial charge in [0.15, 0.2) is 5.82 Å². The maximum absolute atomic E-state index is 13.4. The van der Waals surface area contributed by atoms with Crippen LogP contribution in [0.25, 0.3) is 11.4 Å². The van der Waals surface area contributed by atoms with Crippen molar-refractivity contribution in [2.45, 2.75) is 25.0 Å². The van der Waals surface area contributed by atoms with Crippen LogP contribution in [-0.4, -0.2) is 33.4 Å². The molecular formula is C12H14FN5O. The van der Waals surface area contributed by atoms with Crippen LogP contribution in [0.2, 0.25) is 0 Å². The lowest BCUT2D eigenvalue weighted by Gasteiger charge is -2.34. The summed E-state index contributed by atoms with van der Waals surface area (Å²) in [5.74, 6) is 0.138. The molecule has 1 aliphatic carbocycles. The third-order valence-corrected chi connectivity index (χ3v) is 3.42. The molecule has 1 aromatic heterocycles. The number of anilines is 1. The molecule has 2 aromatic rings. The van der Waals surface area contributed by atoms with Crippen LogP contribution >= 0.6 is 0 Å². The van der Waals surface area contributed by atoms with Crippen LogP contribution in [0.4, 0.5) is 10.1 Å². The molecule has 6 nitrogen and oxygen atoms in total. The maximum atomic E-state index is 13.4. The van der Waals surface area contributed by atoms with E-state index in [4.69, 9.17) is 10.5 Å².